The van der Waals surface area contributed by atoms with Crippen molar-refractivity contribution >= 4 is 16.9 Å². The van der Waals surface area contributed by atoms with Gasteiger partial charge in [-0.1, -0.05) is 0 Å². The van der Waals surface area contributed by atoms with Gasteiger partial charge in [-0.15, -0.1) is 0 Å². The zero-order valence-electron chi connectivity index (χ0n) is 12.1. The molecule has 0 bridgehead atoms. The Balaban J connectivity index is 1.75. The summed E-state index contributed by atoms with van der Waals surface area (Å²) in [6.07, 6.45) is 4.10. The lowest BCUT2D eigenvalue weighted by Crippen LogP contribution is -2.36. The second-order valence-electron chi connectivity index (χ2n) is 5.60. The van der Waals surface area contributed by atoms with E-state index in [9.17, 15) is 4.79 Å². The molecule has 2 heterocycles. The molecular formula is C16H20N2O3. The molecule has 2 N–H and O–H groups in total. The Bertz CT molecular complexity index is 642. The van der Waals surface area contributed by atoms with Crippen molar-refractivity contribution in [3.8, 4) is 5.75 Å². The third-order valence-electron chi connectivity index (χ3n) is 4.31. The number of carboxylic acid groups (broad SMARTS) is 1. The van der Waals surface area contributed by atoms with Gasteiger partial charge >= 0.3 is 5.97 Å². The minimum Gasteiger partial charge on any atom is -0.497 e. The number of likely N-dealkylation sites (tertiary alicyclic amines) is 1. The maximum atomic E-state index is 10.8. The molecule has 5 heteroatoms. The standard InChI is InChI=1S/C16H20N2O3/c1-21-12-2-3-13-14(9-17-15(13)8-12)11-4-6-18(7-5-11)10-16(19)20/h2-3,8-9,11,17H,4-7,10H2,1H3,(H,19,20). The van der Waals surface area contributed by atoms with Gasteiger partial charge < -0.3 is 14.8 Å². The summed E-state index contributed by atoms with van der Waals surface area (Å²) in [4.78, 5) is 16.1. The van der Waals surface area contributed by atoms with E-state index in [0.29, 0.717) is 5.92 Å². The number of carbonyl (C=O) groups is 1. The Morgan fingerprint density at radius 2 is 2.19 bits per heavy atom. The maximum absolute atomic E-state index is 10.8. The number of hydrogen-bond acceptors (Lipinski definition) is 3. The summed E-state index contributed by atoms with van der Waals surface area (Å²) in [5.41, 5.74) is 2.43. The number of piperidine rings is 1. The van der Waals surface area contributed by atoms with Crippen LogP contribution in [0.2, 0.25) is 0 Å². The van der Waals surface area contributed by atoms with Crippen molar-refractivity contribution in [2.75, 3.05) is 26.7 Å². The molecule has 1 aliphatic rings. The molecule has 0 atom stereocenters. The van der Waals surface area contributed by atoms with Crippen LogP contribution in [0.1, 0.15) is 24.3 Å². The number of aliphatic carboxylic acids is 1. The predicted octanol–water partition coefficient (Wildman–Crippen LogP) is 2.44. The van der Waals surface area contributed by atoms with Crippen LogP contribution in [0.25, 0.3) is 10.9 Å². The van der Waals surface area contributed by atoms with Crippen molar-refractivity contribution in [2.45, 2.75) is 18.8 Å². The summed E-state index contributed by atoms with van der Waals surface area (Å²) in [7, 11) is 1.67. The maximum Gasteiger partial charge on any atom is 0.317 e. The van der Waals surface area contributed by atoms with E-state index in [4.69, 9.17) is 9.84 Å². The van der Waals surface area contributed by atoms with Crippen LogP contribution < -0.4 is 4.74 Å². The van der Waals surface area contributed by atoms with E-state index in [2.05, 4.69) is 17.2 Å². The summed E-state index contributed by atoms with van der Waals surface area (Å²) < 4.78 is 5.25. The highest BCUT2D eigenvalue weighted by atomic mass is 16.5. The van der Waals surface area contributed by atoms with Gasteiger partial charge in [0, 0.05) is 23.2 Å². The van der Waals surface area contributed by atoms with Gasteiger partial charge in [0.15, 0.2) is 0 Å². The van der Waals surface area contributed by atoms with Crippen molar-refractivity contribution in [1.29, 1.82) is 0 Å². The third kappa shape index (κ3) is 2.88. The zero-order chi connectivity index (χ0) is 14.8. The largest absolute Gasteiger partial charge is 0.497 e. The molecule has 112 valence electrons. The number of aromatic amines is 1. The molecule has 2 aromatic rings. The van der Waals surface area contributed by atoms with Gasteiger partial charge in [0.2, 0.25) is 0 Å². The lowest BCUT2D eigenvalue weighted by Gasteiger charge is -2.30. The van der Waals surface area contributed by atoms with Crippen LogP contribution in [0, 0.1) is 0 Å². The first-order valence-corrected chi connectivity index (χ1v) is 7.26. The van der Waals surface area contributed by atoms with Crippen molar-refractivity contribution in [2.24, 2.45) is 0 Å². The van der Waals surface area contributed by atoms with Crippen LogP contribution >= 0.6 is 0 Å². The molecule has 0 aliphatic carbocycles. The predicted molar refractivity (Wildman–Crippen MR) is 80.9 cm³/mol. The number of ether oxygens (including phenoxy) is 1. The van der Waals surface area contributed by atoms with Gasteiger partial charge in [0.05, 0.1) is 13.7 Å². The van der Waals surface area contributed by atoms with Crippen molar-refractivity contribution in [3.05, 3.63) is 30.0 Å². The number of fused-ring (bicyclic) bond motifs is 1. The second kappa shape index (κ2) is 5.77. The molecule has 1 saturated heterocycles. The molecule has 0 spiro atoms. The molecule has 21 heavy (non-hydrogen) atoms. The molecule has 1 fully saturated rings. The highest BCUT2D eigenvalue weighted by Crippen LogP contribution is 2.34. The SMILES string of the molecule is COc1ccc2c(C3CCN(CC(=O)O)CC3)c[nH]c2c1. The Hall–Kier alpha value is -2.01. The fourth-order valence-electron chi connectivity index (χ4n) is 3.19. The first-order valence-electron chi connectivity index (χ1n) is 7.26. The minimum absolute atomic E-state index is 0.151. The first kappa shape index (κ1) is 13.9. The Morgan fingerprint density at radius 1 is 1.43 bits per heavy atom. The van der Waals surface area contributed by atoms with E-state index < -0.39 is 5.97 Å². The summed E-state index contributed by atoms with van der Waals surface area (Å²) in [5.74, 6) is 0.608. The smallest absolute Gasteiger partial charge is 0.317 e. The number of aromatic nitrogens is 1. The van der Waals surface area contributed by atoms with E-state index in [1.54, 1.807) is 7.11 Å². The van der Waals surface area contributed by atoms with E-state index in [1.807, 2.05) is 17.0 Å². The second-order valence-corrected chi connectivity index (χ2v) is 5.60. The van der Waals surface area contributed by atoms with Gasteiger partial charge in [-0.05, 0) is 49.5 Å². The van der Waals surface area contributed by atoms with E-state index >= 15 is 0 Å². The summed E-state index contributed by atoms with van der Waals surface area (Å²) in [5, 5.41) is 10.1. The molecule has 1 aromatic carbocycles. The zero-order valence-corrected chi connectivity index (χ0v) is 12.1. The molecule has 0 amide bonds. The van der Waals surface area contributed by atoms with Crippen LogP contribution in [0.4, 0.5) is 0 Å². The van der Waals surface area contributed by atoms with Crippen LogP contribution in [0.5, 0.6) is 5.75 Å². The number of nitrogens with zero attached hydrogens (tertiary/aromatic N) is 1. The highest BCUT2D eigenvalue weighted by Gasteiger charge is 2.23. The lowest BCUT2D eigenvalue weighted by atomic mass is 9.89. The van der Waals surface area contributed by atoms with Gasteiger partial charge in [-0.2, -0.15) is 0 Å². The molecular weight excluding hydrogens is 268 g/mol. The van der Waals surface area contributed by atoms with Gasteiger partial charge in [-0.3, -0.25) is 9.69 Å². The molecule has 0 radical (unpaired) electrons. The number of hydrogen-bond donors (Lipinski definition) is 2. The number of methoxy groups -OCH3 is 1. The normalized spacial score (nSPS) is 17.2. The Morgan fingerprint density at radius 3 is 2.86 bits per heavy atom. The molecule has 1 aromatic heterocycles. The average molecular weight is 288 g/mol. The van der Waals surface area contributed by atoms with Crippen LogP contribution in [0.3, 0.4) is 0 Å². The fourth-order valence-corrected chi connectivity index (χ4v) is 3.19. The van der Waals surface area contributed by atoms with Gasteiger partial charge in [-0.25, -0.2) is 0 Å². The van der Waals surface area contributed by atoms with Gasteiger partial charge in [0.1, 0.15) is 5.75 Å². The van der Waals surface area contributed by atoms with Gasteiger partial charge in [0.25, 0.3) is 0 Å². The topological polar surface area (TPSA) is 65.6 Å². The number of H-pyrrole nitrogens is 1. The van der Waals surface area contributed by atoms with Crippen molar-refractivity contribution in [3.63, 3.8) is 0 Å². The molecule has 0 saturated carbocycles. The minimum atomic E-state index is -0.743. The van der Waals surface area contributed by atoms with Crippen LogP contribution in [-0.2, 0) is 4.79 Å². The van der Waals surface area contributed by atoms with Crippen molar-refractivity contribution in [1.82, 2.24) is 9.88 Å². The number of carboxylic acids is 1. The summed E-state index contributed by atoms with van der Waals surface area (Å²) >= 11 is 0. The average Bonchev–Trinajstić information content (AvgIpc) is 2.90. The third-order valence-corrected chi connectivity index (χ3v) is 4.31. The molecule has 1 aliphatic heterocycles. The molecule has 3 rings (SSSR count). The highest BCUT2D eigenvalue weighted by molar-refractivity contribution is 5.85. The summed E-state index contributed by atoms with van der Waals surface area (Å²) in [6, 6.07) is 6.10. The number of rotatable bonds is 4. The molecule has 5 nitrogen and oxygen atoms in total. The van der Waals surface area contributed by atoms with E-state index in [1.165, 1.54) is 10.9 Å². The van der Waals surface area contributed by atoms with E-state index in [0.717, 1.165) is 37.2 Å². The van der Waals surface area contributed by atoms with E-state index in [-0.39, 0.29) is 6.54 Å². The summed E-state index contributed by atoms with van der Waals surface area (Å²) in [6.45, 7) is 1.84. The van der Waals surface area contributed by atoms with Crippen molar-refractivity contribution < 1.29 is 14.6 Å². The van der Waals surface area contributed by atoms with Crippen LogP contribution in [0.15, 0.2) is 24.4 Å². The fraction of sp³-hybridized carbons (Fsp3) is 0.438. The monoisotopic (exact) mass is 288 g/mol. The number of benzene rings is 1. The number of nitrogens with one attached hydrogen (secondary N) is 1. The lowest BCUT2D eigenvalue weighted by molar-refractivity contribution is -0.138. The first-order chi connectivity index (χ1) is 10.2. The Kier molecular flexibility index (Phi) is 3.84. The quantitative estimate of drug-likeness (QED) is 0.907. The van der Waals surface area contributed by atoms with Crippen LogP contribution in [-0.4, -0.2) is 47.7 Å². The Labute approximate surface area is 123 Å². The molecule has 0 unspecified atom stereocenters.